The van der Waals surface area contributed by atoms with Crippen LogP contribution in [0.4, 0.5) is 12.9 Å². The molecule has 0 spiro atoms. The van der Waals surface area contributed by atoms with E-state index in [-0.39, 0.29) is 18.9 Å². The monoisotopic (exact) mass is 146 g/mol. The fraction of sp³-hybridized carbons (Fsp3) is 0. The Bertz CT molecular complexity index is 97.0. The largest absolute Gasteiger partial charge is 1.00 e. The average molecular weight is 146 g/mol. The first-order valence-electron chi connectivity index (χ1n) is 1.76. The summed E-state index contributed by atoms with van der Waals surface area (Å²) in [6, 6.07) is 0. The molecule has 0 aliphatic rings. The molecule has 0 aliphatic heterocycles. The van der Waals surface area contributed by atoms with Gasteiger partial charge in [0, 0.05) is 0 Å². The second-order valence-electron chi connectivity index (χ2n) is 0.771. The van der Waals surface area contributed by atoms with Crippen LogP contribution in [0.2, 0.25) is 0 Å². The van der Waals surface area contributed by atoms with Crippen LogP contribution in [0.15, 0.2) is 12.7 Å². The number of rotatable bonds is 1. The van der Waals surface area contributed by atoms with E-state index in [0.717, 1.165) is 6.08 Å². The van der Waals surface area contributed by atoms with Crippen LogP contribution in [0, 0.1) is 0 Å². The number of aliphatic carboxylic acids is 1. The Kier molecular flexibility index (Phi) is 18.7. The van der Waals surface area contributed by atoms with Gasteiger partial charge in [-0.05, 0) is 6.08 Å². The van der Waals surface area contributed by atoms with Crippen molar-refractivity contribution < 1.29 is 41.7 Å². The zero-order valence-electron chi connectivity index (χ0n) is 5.31. The molecule has 0 atom stereocenters. The van der Waals surface area contributed by atoms with Gasteiger partial charge in [-0.25, -0.2) is 0 Å². The molecular formula is C3H3BF3LiO2. The van der Waals surface area contributed by atoms with Gasteiger partial charge in [0.05, 0.1) is 5.97 Å². The third-order valence-corrected chi connectivity index (χ3v) is 0.167. The Morgan fingerprint density at radius 1 is 1.50 bits per heavy atom. The van der Waals surface area contributed by atoms with Crippen molar-refractivity contribution >= 4 is 13.5 Å². The second-order valence-corrected chi connectivity index (χ2v) is 0.771. The zero-order valence-corrected chi connectivity index (χ0v) is 5.31. The van der Waals surface area contributed by atoms with E-state index in [4.69, 9.17) is 9.90 Å². The first-order chi connectivity index (χ1) is 4.00. The summed E-state index contributed by atoms with van der Waals surface area (Å²) < 4.78 is 29.0. The van der Waals surface area contributed by atoms with Crippen LogP contribution in [-0.2, 0) is 4.79 Å². The Hall–Kier alpha value is -0.338. The van der Waals surface area contributed by atoms with E-state index in [1.807, 2.05) is 0 Å². The van der Waals surface area contributed by atoms with E-state index < -0.39 is 13.5 Å². The number of hydrogen-bond donors (Lipinski definition) is 0. The average Bonchev–Trinajstić information content (AvgIpc) is 1.65. The molecule has 0 heterocycles. The molecule has 0 unspecified atom stereocenters. The minimum atomic E-state index is -3.67. The first-order valence-corrected chi connectivity index (χ1v) is 1.76. The summed E-state index contributed by atoms with van der Waals surface area (Å²) in [6.07, 6.45) is 0.722. The van der Waals surface area contributed by atoms with Gasteiger partial charge in [-0.2, -0.15) is 0 Å². The van der Waals surface area contributed by atoms with E-state index in [1.54, 1.807) is 0 Å². The van der Waals surface area contributed by atoms with Crippen molar-refractivity contribution in [3.05, 3.63) is 12.7 Å². The molecule has 0 bridgehead atoms. The smallest absolute Gasteiger partial charge is 0.545 e. The summed E-state index contributed by atoms with van der Waals surface area (Å²) in [5.41, 5.74) is 0. The maximum Gasteiger partial charge on any atom is 1.00 e. The quantitative estimate of drug-likeness (QED) is 0.288. The van der Waals surface area contributed by atoms with Crippen molar-refractivity contribution in [2.75, 3.05) is 0 Å². The minimum Gasteiger partial charge on any atom is -0.545 e. The van der Waals surface area contributed by atoms with E-state index in [0.29, 0.717) is 0 Å². The molecule has 2 nitrogen and oxygen atoms in total. The van der Waals surface area contributed by atoms with E-state index in [2.05, 4.69) is 6.58 Å². The maximum atomic E-state index is 9.67. The molecule has 0 N–H and O–H groups in total. The number of carbonyl (C=O) groups excluding carboxylic acids is 1. The molecule has 0 amide bonds. The second kappa shape index (κ2) is 11.5. The normalized spacial score (nSPS) is 5.90. The van der Waals surface area contributed by atoms with Crippen LogP contribution >= 0.6 is 0 Å². The maximum absolute atomic E-state index is 9.67. The van der Waals surface area contributed by atoms with Crippen molar-refractivity contribution in [2.24, 2.45) is 0 Å². The molecule has 0 rings (SSSR count). The van der Waals surface area contributed by atoms with Gasteiger partial charge in [0.1, 0.15) is 0 Å². The fourth-order valence-corrected chi connectivity index (χ4v) is 0. The number of halogens is 3. The SMILES string of the molecule is C=CC(=O)[O-].FB(F)F.[Li+]. The van der Waals surface area contributed by atoms with Crippen LogP contribution in [-0.4, -0.2) is 13.5 Å². The first kappa shape index (κ1) is 16.3. The van der Waals surface area contributed by atoms with Gasteiger partial charge in [-0.3, -0.25) is 12.9 Å². The van der Waals surface area contributed by atoms with Gasteiger partial charge in [0.2, 0.25) is 0 Å². The Morgan fingerprint density at radius 2 is 1.60 bits per heavy atom. The van der Waals surface area contributed by atoms with E-state index in [1.165, 1.54) is 0 Å². The number of carboxylic acid groups (broad SMARTS) is 1. The molecule has 7 heteroatoms. The van der Waals surface area contributed by atoms with Crippen molar-refractivity contribution in [1.29, 1.82) is 0 Å². The number of hydrogen-bond acceptors (Lipinski definition) is 2. The van der Waals surface area contributed by atoms with Gasteiger partial charge in [-0.15, -0.1) is 0 Å². The fourth-order valence-electron chi connectivity index (χ4n) is 0. The van der Waals surface area contributed by atoms with Gasteiger partial charge in [-0.1, -0.05) is 6.58 Å². The molecule has 0 aromatic rings. The predicted octanol–water partition coefficient (Wildman–Crippen LogP) is -3.19. The Labute approximate surface area is 68.5 Å². The summed E-state index contributed by atoms with van der Waals surface area (Å²) >= 11 is 0. The Morgan fingerprint density at radius 3 is 1.60 bits per heavy atom. The van der Waals surface area contributed by atoms with Gasteiger partial charge < -0.3 is 9.90 Å². The number of carbonyl (C=O) groups is 1. The standard InChI is InChI=1S/C3H4O2.BF3.Li/c1-2-3(4)5;2-1(3)4;/h2H,1H2,(H,4,5);;/q;;+1/p-1. The Balaban J connectivity index is -0.0000000910. The number of carboxylic acids is 1. The van der Waals surface area contributed by atoms with Crippen molar-refractivity contribution in [3.63, 3.8) is 0 Å². The van der Waals surface area contributed by atoms with Crippen LogP contribution in [0.1, 0.15) is 0 Å². The molecule has 0 aliphatic carbocycles. The molecule has 0 saturated carbocycles. The molecule has 0 radical (unpaired) electrons. The van der Waals surface area contributed by atoms with Crippen LogP contribution < -0.4 is 24.0 Å². The minimum absolute atomic E-state index is 0. The van der Waals surface area contributed by atoms with Gasteiger partial charge in [0.25, 0.3) is 0 Å². The zero-order chi connectivity index (χ0) is 7.86. The van der Waals surface area contributed by atoms with E-state index >= 15 is 0 Å². The van der Waals surface area contributed by atoms with Crippen LogP contribution in [0.5, 0.6) is 0 Å². The molecule has 0 aromatic carbocycles. The molecule has 10 heavy (non-hydrogen) atoms. The van der Waals surface area contributed by atoms with Crippen molar-refractivity contribution in [2.45, 2.75) is 0 Å². The van der Waals surface area contributed by atoms with E-state index in [9.17, 15) is 12.9 Å². The third-order valence-electron chi connectivity index (χ3n) is 0.167. The summed E-state index contributed by atoms with van der Waals surface area (Å²) in [5, 5.41) is 9.14. The summed E-state index contributed by atoms with van der Waals surface area (Å²) in [5.74, 6) is -1.23. The van der Waals surface area contributed by atoms with Crippen LogP contribution in [0.25, 0.3) is 0 Å². The predicted molar refractivity (Wildman–Crippen MR) is 24.3 cm³/mol. The third kappa shape index (κ3) is 123. The van der Waals surface area contributed by atoms with Gasteiger partial charge in [0.15, 0.2) is 0 Å². The summed E-state index contributed by atoms with van der Waals surface area (Å²) in [6.45, 7) is 2.90. The molecule has 0 fully saturated rings. The van der Waals surface area contributed by atoms with Crippen LogP contribution in [0.3, 0.4) is 0 Å². The van der Waals surface area contributed by atoms with Crippen molar-refractivity contribution in [3.8, 4) is 0 Å². The van der Waals surface area contributed by atoms with Crippen molar-refractivity contribution in [1.82, 2.24) is 0 Å². The van der Waals surface area contributed by atoms with Gasteiger partial charge >= 0.3 is 26.4 Å². The summed E-state index contributed by atoms with van der Waals surface area (Å²) in [4.78, 5) is 9.14. The molecule has 0 saturated heterocycles. The summed E-state index contributed by atoms with van der Waals surface area (Å²) in [7, 11) is -3.67. The molecular weight excluding hydrogens is 143 g/mol. The molecule has 52 valence electrons. The topological polar surface area (TPSA) is 40.1 Å². The molecule has 0 aromatic heterocycles.